The molecule has 0 fully saturated rings. The lowest BCUT2D eigenvalue weighted by atomic mass is 10.0. The topological polar surface area (TPSA) is 106 Å². The Balaban J connectivity index is 1.38. The summed E-state index contributed by atoms with van der Waals surface area (Å²) in [6, 6.07) is 34.3. The molecule has 0 aliphatic rings. The first-order valence-electron chi connectivity index (χ1n) is 13.7. The highest BCUT2D eigenvalue weighted by atomic mass is 16.5. The lowest BCUT2D eigenvalue weighted by Crippen LogP contribution is -2.42. The number of ether oxygens (including phenoxy) is 1. The predicted octanol–water partition coefficient (Wildman–Crippen LogP) is 4.70. The summed E-state index contributed by atoms with van der Waals surface area (Å²) in [7, 11) is 1.42. The monoisotopic (exact) mass is 559 g/mol. The van der Waals surface area contributed by atoms with Crippen molar-refractivity contribution in [2.24, 2.45) is 5.73 Å². The molecule has 8 heteroatoms. The summed E-state index contributed by atoms with van der Waals surface area (Å²) in [5.41, 5.74) is 10.5. The Kier molecular flexibility index (Phi) is 8.75. The minimum absolute atomic E-state index is 0.0238. The van der Waals surface area contributed by atoms with E-state index in [9.17, 15) is 9.59 Å². The molecule has 3 N–H and O–H groups in total. The number of esters is 1. The van der Waals surface area contributed by atoms with E-state index < -0.39 is 6.04 Å². The zero-order valence-corrected chi connectivity index (χ0v) is 23.4. The fraction of sp³-hybridized carbons (Fsp3) is 0.147. The molecule has 0 saturated heterocycles. The van der Waals surface area contributed by atoms with Crippen molar-refractivity contribution in [1.82, 2.24) is 14.0 Å². The number of nitrogens with one attached hydrogen (secondary N) is 1. The van der Waals surface area contributed by atoms with Gasteiger partial charge < -0.3 is 10.5 Å². The molecule has 212 valence electrons. The third-order valence-electron chi connectivity index (χ3n) is 7.25. The maximum Gasteiger partial charge on any atom is 0.337 e. The van der Waals surface area contributed by atoms with Crippen LogP contribution in [0.4, 0.5) is 0 Å². The SMILES string of the molecule is COC(=O)C(Cc1ccc(-n2ccn(-c3ccc(C(=N)N)cc3)c2=O)cc1)N(Cc1ccccc1)Cc1ccccc1. The summed E-state index contributed by atoms with van der Waals surface area (Å²) >= 11 is 0. The molecule has 1 heterocycles. The van der Waals surface area contributed by atoms with E-state index in [-0.39, 0.29) is 17.5 Å². The summed E-state index contributed by atoms with van der Waals surface area (Å²) in [5.74, 6) is -0.320. The number of carbonyl (C=O) groups excluding carboxylic acids is 1. The number of nitrogens with zero attached hydrogens (tertiary/aromatic N) is 3. The number of imidazole rings is 1. The molecule has 4 aromatic carbocycles. The van der Waals surface area contributed by atoms with Gasteiger partial charge in [-0.15, -0.1) is 0 Å². The molecule has 42 heavy (non-hydrogen) atoms. The van der Waals surface area contributed by atoms with Crippen LogP contribution in [0.5, 0.6) is 0 Å². The van der Waals surface area contributed by atoms with Crippen LogP contribution in [0, 0.1) is 5.41 Å². The van der Waals surface area contributed by atoms with Crippen molar-refractivity contribution in [3.63, 3.8) is 0 Å². The Hall–Kier alpha value is -5.21. The first-order valence-corrected chi connectivity index (χ1v) is 13.7. The molecule has 0 aliphatic heterocycles. The molecule has 5 aromatic rings. The normalized spacial score (nSPS) is 11.8. The Morgan fingerprint density at radius 3 is 1.69 bits per heavy atom. The number of amidine groups is 1. The van der Waals surface area contributed by atoms with Gasteiger partial charge in [-0.05, 0) is 59.5 Å². The summed E-state index contributed by atoms with van der Waals surface area (Å²) in [6.07, 6.45) is 3.87. The van der Waals surface area contributed by atoms with Crippen LogP contribution in [-0.2, 0) is 29.0 Å². The van der Waals surface area contributed by atoms with E-state index in [4.69, 9.17) is 15.9 Å². The van der Waals surface area contributed by atoms with E-state index in [0.717, 1.165) is 16.7 Å². The van der Waals surface area contributed by atoms with Gasteiger partial charge in [0, 0.05) is 31.0 Å². The van der Waals surface area contributed by atoms with Crippen molar-refractivity contribution in [3.05, 3.63) is 154 Å². The van der Waals surface area contributed by atoms with Gasteiger partial charge in [-0.1, -0.05) is 72.8 Å². The van der Waals surface area contributed by atoms with Gasteiger partial charge >= 0.3 is 11.7 Å². The first kappa shape index (κ1) is 28.3. The lowest BCUT2D eigenvalue weighted by Gasteiger charge is -2.30. The molecule has 0 radical (unpaired) electrons. The largest absolute Gasteiger partial charge is 0.468 e. The molecule has 5 rings (SSSR count). The highest BCUT2D eigenvalue weighted by Crippen LogP contribution is 2.19. The minimum atomic E-state index is -0.511. The van der Waals surface area contributed by atoms with Crippen LogP contribution < -0.4 is 11.4 Å². The Morgan fingerprint density at radius 2 is 1.24 bits per heavy atom. The summed E-state index contributed by atoms with van der Waals surface area (Å²) in [5, 5.41) is 7.56. The number of rotatable bonds is 11. The number of nitrogen functional groups attached to an aromatic ring is 1. The second-order valence-corrected chi connectivity index (χ2v) is 10.1. The maximum atomic E-state index is 13.2. The quantitative estimate of drug-likeness (QED) is 0.139. The number of carbonyl (C=O) groups is 1. The average molecular weight is 560 g/mol. The highest BCUT2D eigenvalue weighted by Gasteiger charge is 2.27. The van der Waals surface area contributed by atoms with E-state index in [1.165, 1.54) is 11.7 Å². The van der Waals surface area contributed by atoms with Gasteiger partial charge in [0.2, 0.25) is 0 Å². The van der Waals surface area contributed by atoms with Crippen molar-refractivity contribution < 1.29 is 9.53 Å². The van der Waals surface area contributed by atoms with Crippen LogP contribution in [0.2, 0.25) is 0 Å². The number of aromatic nitrogens is 2. The molecule has 1 aromatic heterocycles. The molecule has 8 nitrogen and oxygen atoms in total. The molecule has 0 bridgehead atoms. The number of methoxy groups -OCH3 is 1. The van der Waals surface area contributed by atoms with E-state index in [1.54, 1.807) is 41.2 Å². The van der Waals surface area contributed by atoms with Crippen LogP contribution in [0.15, 0.2) is 126 Å². The fourth-order valence-corrected chi connectivity index (χ4v) is 5.00. The molecule has 0 aliphatic carbocycles. The van der Waals surface area contributed by atoms with E-state index in [2.05, 4.69) is 29.2 Å². The molecule has 0 saturated carbocycles. The zero-order valence-electron chi connectivity index (χ0n) is 23.4. The van der Waals surface area contributed by atoms with Gasteiger partial charge in [0.15, 0.2) is 0 Å². The van der Waals surface area contributed by atoms with Crippen molar-refractivity contribution >= 4 is 11.8 Å². The summed E-state index contributed by atoms with van der Waals surface area (Å²) in [4.78, 5) is 28.5. The summed E-state index contributed by atoms with van der Waals surface area (Å²) in [6.45, 7) is 1.17. The Labute approximate surface area is 244 Å². The lowest BCUT2D eigenvalue weighted by molar-refractivity contribution is -0.147. The third kappa shape index (κ3) is 6.56. The third-order valence-corrected chi connectivity index (χ3v) is 7.25. The molecule has 1 atom stereocenters. The number of nitrogens with two attached hydrogens (primary N) is 1. The fourth-order valence-electron chi connectivity index (χ4n) is 5.00. The van der Waals surface area contributed by atoms with Gasteiger partial charge in [0.1, 0.15) is 11.9 Å². The maximum absolute atomic E-state index is 13.2. The van der Waals surface area contributed by atoms with Crippen molar-refractivity contribution in [2.45, 2.75) is 25.6 Å². The van der Waals surface area contributed by atoms with Crippen molar-refractivity contribution in [1.29, 1.82) is 5.41 Å². The average Bonchev–Trinajstić information content (AvgIpc) is 3.41. The molecule has 1 unspecified atom stereocenters. The zero-order chi connectivity index (χ0) is 29.5. The van der Waals surface area contributed by atoms with Gasteiger partial charge in [0.25, 0.3) is 0 Å². The van der Waals surface area contributed by atoms with Crippen molar-refractivity contribution in [3.8, 4) is 11.4 Å². The van der Waals surface area contributed by atoms with Gasteiger partial charge in [-0.2, -0.15) is 0 Å². The molecule has 0 spiro atoms. The minimum Gasteiger partial charge on any atom is -0.468 e. The Morgan fingerprint density at radius 1 is 0.762 bits per heavy atom. The predicted molar refractivity (Wildman–Crippen MR) is 164 cm³/mol. The molecule has 0 amide bonds. The first-order chi connectivity index (χ1) is 20.4. The van der Waals surface area contributed by atoms with Crippen LogP contribution in [0.3, 0.4) is 0 Å². The van der Waals surface area contributed by atoms with E-state index in [1.807, 2.05) is 60.7 Å². The van der Waals surface area contributed by atoms with E-state index >= 15 is 0 Å². The van der Waals surface area contributed by atoms with Crippen molar-refractivity contribution in [2.75, 3.05) is 7.11 Å². The molecular weight excluding hydrogens is 526 g/mol. The standard InChI is InChI=1S/C34H33N5O3/c1-42-33(40)31(37(23-26-8-4-2-5-9-26)24-27-10-6-3-7-11-27)22-25-12-16-29(17-13-25)38-20-21-39(34(38)41)30-18-14-28(15-19-30)32(35)36/h2-21,31H,22-24H2,1H3,(H3,35,36). The second-order valence-electron chi connectivity index (χ2n) is 10.1. The summed E-state index contributed by atoms with van der Waals surface area (Å²) < 4.78 is 8.37. The smallest absolute Gasteiger partial charge is 0.337 e. The second kappa shape index (κ2) is 13.0. The van der Waals surface area contributed by atoms with Crippen LogP contribution in [0.25, 0.3) is 11.4 Å². The van der Waals surface area contributed by atoms with E-state index in [0.29, 0.717) is 36.4 Å². The van der Waals surface area contributed by atoms with Gasteiger partial charge in [-0.3, -0.25) is 24.2 Å². The van der Waals surface area contributed by atoms with Crippen LogP contribution in [0.1, 0.15) is 22.3 Å². The highest BCUT2D eigenvalue weighted by molar-refractivity contribution is 5.95. The van der Waals surface area contributed by atoms with Crippen LogP contribution in [-0.4, -0.2) is 39.0 Å². The number of hydrogen-bond acceptors (Lipinski definition) is 5. The van der Waals surface area contributed by atoms with Gasteiger partial charge in [-0.25, -0.2) is 4.79 Å². The van der Waals surface area contributed by atoms with Crippen LogP contribution >= 0.6 is 0 Å². The molecular formula is C34H33N5O3. The Bertz CT molecular complexity index is 1650. The van der Waals surface area contributed by atoms with Gasteiger partial charge in [0.05, 0.1) is 18.5 Å². The number of hydrogen-bond donors (Lipinski definition) is 2. The number of benzene rings is 4.